The fourth-order valence-corrected chi connectivity index (χ4v) is 1.67. The van der Waals surface area contributed by atoms with E-state index >= 15 is 0 Å². The number of nitrogens with zero attached hydrogens (tertiary/aromatic N) is 1. The first-order valence-electron chi connectivity index (χ1n) is 5.71. The van der Waals surface area contributed by atoms with Crippen molar-refractivity contribution in [2.45, 2.75) is 13.3 Å². The van der Waals surface area contributed by atoms with Crippen LogP contribution in [0.5, 0.6) is 5.75 Å². The van der Waals surface area contributed by atoms with Crippen LogP contribution < -0.4 is 4.74 Å². The minimum absolute atomic E-state index is 0.637. The van der Waals surface area contributed by atoms with E-state index in [4.69, 9.17) is 4.74 Å². The molecular weight excluding hydrogens is 214 g/mol. The fraction of sp³-hybridized carbons (Fsp3) is 0.214. The Morgan fingerprint density at radius 3 is 2.94 bits per heavy atom. The lowest BCUT2D eigenvalue weighted by Gasteiger charge is -2.09. The van der Waals surface area contributed by atoms with Gasteiger partial charge in [-0.15, -0.1) is 0 Å². The van der Waals surface area contributed by atoms with E-state index in [2.05, 4.69) is 6.92 Å². The van der Waals surface area contributed by atoms with Crippen LogP contribution >= 0.6 is 0 Å². The van der Waals surface area contributed by atoms with Gasteiger partial charge >= 0.3 is 0 Å². The average molecular weight is 229 g/mol. The highest BCUT2D eigenvalue weighted by Crippen LogP contribution is 2.18. The number of aldehydes is 1. The molecule has 0 radical (unpaired) electrons. The molecule has 0 aliphatic heterocycles. The number of aromatic nitrogens is 1. The lowest BCUT2D eigenvalue weighted by molar-refractivity contribution is 0.111. The van der Waals surface area contributed by atoms with Crippen LogP contribution in [0, 0.1) is 0 Å². The second-order valence-corrected chi connectivity index (χ2v) is 3.77. The summed E-state index contributed by atoms with van der Waals surface area (Å²) >= 11 is 0. The number of rotatable bonds is 5. The quantitative estimate of drug-likeness (QED) is 0.738. The molecule has 0 bridgehead atoms. The van der Waals surface area contributed by atoms with Crippen LogP contribution in [0.2, 0.25) is 0 Å². The number of carbonyl (C=O) groups excluding carboxylic acids is 1. The Kier molecular flexibility index (Phi) is 3.60. The highest BCUT2D eigenvalue weighted by atomic mass is 16.5. The number of hydrogen-bond donors (Lipinski definition) is 0. The summed E-state index contributed by atoms with van der Waals surface area (Å²) in [5, 5.41) is 0. The summed E-state index contributed by atoms with van der Waals surface area (Å²) in [6, 6.07) is 11.4. The molecule has 1 heterocycles. The minimum Gasteiger partial charge on any atom is -0.494 e. The van der Waals surface area contributed by atoms with E-state index in [9.17, 15) is 4.79 Å². The summed E-state index contributed by atoms with van der Waals surface area (Å²) in [5.41, 5.74) is 1.57. The second-order valence-electron chi connectivity index (χ2n) is 3.77. The molecule has 0 saturated carbocycles. The third-order valence-corrected chi connectivity index (χ3v) is 2.47. The molecule has 3 heteroatoms. The number of ether oxygens (including phenoxy) is 1. The van der Waals surface area contributed by atoms with Crippen molar-refractivity contribution in [3.8, 4) is 11.4 Å². The van der Waals surface area contributed by atoms with Gasteiger partial charge in [0.15, 0.2) is 6.29 Å². The second kappa shape index (κ2) is 5.34. The van der Waals surface area contributed by atoms with Crippen LogP contribution in [0.4, 0.5) is 0 Å². The highest BCUT2D eigenvalue weighted by Gasteiger charge is 2.03. The smallest absolute Gasteiger partial charge is 0.166 e. The maximum atomic E-state index is 10.9. The van der Waals surface area contributed by atoms with E-state index < -0.39 is 0 Å². The van der Waals surface area contributed by atoms with Crippen LogP contribution in [-0.2, 0) is 0 Å². The number of hydrogen-bond acceptors (Lipinski definition) is 2. The predicted molar refractivity (Wildman–Crippen MR) is 66.9 cm³/mol. The van der Waals surface area contributed by atoms with E-state index in [-0.39, 0.29) is 0 Å². The van der Waals surface area contributed by atoms with E-state index in [1.807, 2.05) is 41.1 Å². The Balaban J connectivity index is 2.29. The van der Waals surface area contributed by atoms with Crippen molar-refractivity contribution in [1.82, 2.24) is 4.57 Å². The zero-order valence-corrected chi connectivity index (χ0v) is 9.80. The zero-order valence-electron chi connectivity index (χ0n) is 9.80. The van der Waals surface area contributed by atoms with Crippen molar-refractivity contribution in [3.63, 3.8) is 0 Å². The molecule has 0 aliphatic rings. The normalized spacial score (nSPS) is 10.2. The molecule has 1 aromatic carbocycles. The van der Waals surface area contributed by atoms with Crippen molar-refractivity contribution < 1.29 is 9.53 Å². The Hall–Kier alpha value is -2.03. The van der Waals surface area contributed by atoms with Gasteiger partial charge in [0.25, 0.3) is 0 Å². The molecule has 2 rings (SSSR count). The van der Waals surface area contributed by atoms with Crippen LogP contribution in [0.1, 0.15) is 23.8 Å². The molecule has 0 fully saturated rings. The predicted octanol–water partition coefficient (Wildman–Crippen LogP) is 3.08. The first-order chi connectivity index (χ1) is 8.35. The largest absolute Gasteiger partial charge is 0.494 e. The van der Waals surface area contributed by atoms with Crippen LogP contribution in [0.15, 0.2) is 42.6 Å². The molecular formula is C14H15NO2. The Morgan fingerprint density at radius 1 is 1.29 bits per heavy atom. The summed E-state index contributed by atoms with van der Waals surface area (Å²) in [7, 11) is 0. The summed E-state index contributed by atoms with van der Waals surface area (Å²) in [6.07, 6.45) is 3.69. The lowest BCUT2D eigenvalue weighted by Crippen LogP contribution is -1.99. The monoisotopic (exact) mass is 229 g/mol. The highest BCUT2D eigenvalue weighted by molar-refractivity contribution is 5.73. The van der Waals surface area contributed by atoms with Gasteiger partial charge in [0.1, 0.15) is 5.75 Å². The van der Waals surface area contributed by atoms with Crippen molar-refractivity contribution in [2.24, 2.45) is 0 Å². The first-order valence-corrected chi connectivity index (χ1v) is 5.71. The van der Waals surface area contributed by atoms with Gasteiger partial charge in [-0.3, -0.25) is 4.79 Å². The Labute approximate surface area is 101 Å². The van der Waals surface area contributed by atoms with Crippen LogP contribution in [0.25, 0.3) is 5.69 Å². The van der Waals surface area contributed by atoms with Crippen molar-refractivity contribution in [3.05, 3.63) is 48.3 Å². The average Bonchev–Trinajstić information content (AvgIpc) is 2.85. The topological polar surface area (TPSA) is 31.2 Å². The number of benzene rings is 1. The fourth-order valence-electron chi connectivity index (χ4n) is 1.67. The molecule has 0 atom stereocenters. The summed E-state index contributed by atoms with van der Waals surface area (Å²) in [4.78, 5) is 10.9. The SMILES string of the molecule is CCCOc1cccc(-n2cccc2C=O)c1. The van der Waals surface area contributed by atoms with E-state index in [0.29, 0.717) is 12.3 Å². The number of carbonyl (C=O) groups is 1. The van der Waals surface area contributed by atoms with Crippen molar-refractivity contribution in [2.75, 3.05) is 6.61 Å². The van der Waals surface area contributed by atoms with Crippen molar-refractivity contribution in [1.29, 1.82) is 0 Å². The molecule has 0 N–H and O–H groups in total. The Bertz CT molecular complexity index is 502. The summed E-state index contributed by atoms with van der Waals surface area (Å²) in [5.74, 6) is 0.829. The van der Waals surface area contributed by atoms with Gasteiger partial charge < -0.3 is 9.30 Å². The Morgan fingerprint density at radius 2 is 2.18 bits per heavy atom. The summed E-state index contributed by atoms with van der Waals surface area (Å²) < 4.78 is 7.40. The van der Waals surface area contributed by atoms with E-state index in [1.165, 1.54) is 0 Å². The first kappa shape index (κ1) is 11.5. The molecule has 3 nitrogen and oxygen atoms in total. The van der Waals surface area contributed by atoms with Crippen LogP contribution in [-0.4, -0.2) is 17.5 Å². The molecule has 0 amide bonds. The third-order valence-electron chi connectivity index (χ3n) is 2.47. The van der Waals surface area contributed by atoms with Gasteiger partial charge in [-0.25, -0.2) is 0 Å². The van der Waals surface area contributed by atoms with Gasteiger partial charge in [0.2, 0.25) is 0 Å². The van der Waals surface area contributed by atoms with E-state index in [1.54, 1.807) is 6.07 Å². The minimum atomic E-state index is 0.637. The van der Waals surface area contributed by atoms with Gasteiger partial charge in [-0.1, -0.05) is 13.0 Å². The van der Waals surface area contributed by atoms with Crippen LogP contribution in [0.3, 0.4) is 0 Å². The van der Waals surface area contributed by atoms with E-state index in [0.717, 1.165) is 24.1 Å². The van der Waals surface area contributed by atoms with Gasteiger partial charge in [0, 0.05) is 18.0 Å². The zero-order chi connectivity index (χ0) is 12.1. The molecule has 2 aromatic rings. The molecule has 0 aliphatic carbocycles. The lowest BCUT2D eigenvalue weighted by atomic mass is 10.3. The molecule has 0 spiro atoms. The molecule has 0 saturated heterocycles. The third kappa shape index (κ3) is 2.56. The van der Waals surface area contributed by atoms with Gasteiger partial charge in [0.05, 0.1) is 12.3 Å². The summed E-state index contributed by atoms with van der Waals surface area (Å²) in [6.45, 7) is 2.77. The van der Waals surface area contributed by atoms with Gasteiger partial charge in [-0.2, -0.15) is 0 Å². The molecule has 88 valence electrons. The molecule has 17 heavy (non-hydrogen) atoms. The molecule has 1 aromatic heterocycles. The maximum Gasteiger partial charge on any atom is 0.166 e. The standard InChI is InChI=1S/C14H15NO2/c1-2-9-17-14-7-3-5-12(10-14)15-8-4-6-13(15)11-16/h3-8,10-11H,2,9H2,1H3. The maximum absolute atomic E-state index is 10.9. The van der Waals surface area contributed by atoms with Crippen molar-refractivity contribution >= 4 is 6.29 Å². The van der Waals surface area contributed by atoms with Gasteiger partial charge in [-0.05, 0) is 30.7 Å². The molecule has 0 unspecified atom stereocenters.